The summed E-state index contributed by atoms with van der Waals surface area (Å²) in [7, 11) is 0. The summed E-state index contributed by atoms with van der Waals surface area (Å²) in [5.74, 6) is 0.755. The number of hydrogen-bond acceptors (Lipinski definition) is 5. The topological polar surface area (TPSA) is 85.2 Å². The van der Waals surface area contributed by atoms with Crippen LogP contribution in [0.4, 0.5) is 0 Å². The van der Waals surface area contributed by atoms with Crippen LogP contribution >= 0.6 is 12.4 Å². The van der Waals surface area contributed by atoms with Gasteiger partial charge in [0.05, 0.1) is 0 Å². The third-order valence-corrected chi connectivity index (χ3v) is 2.07. The summed E-state index contributed by atoms with van der Waals surface area (Å²) < 4.78 is 5.21. The zero-order chi connectivity index (χ0) is 10.6. The molecule has 0 aromatic carbocycles. The first-order chi connectivity index (χ1) is 6.69. The SMILES string of the molecule is CCCC(N)C(O)c1nnc(CC)o1.Cl. The molecule has 0 radical (unpaired) electrons. The number of halogens is 1. The van der Waals surface area contributed by atoms with Crippen LogP contribution in [0, 0.1) is 0 Å². The Morgan fingerprint density at radius 1 is 1.40 bits per heavy atom. The fourth-order valence-corrected chi connectivity index (χ4v) is 1.20. The first-order valence-electron chi connectivity index (χ1n) is 4.95. The minimum atomic E-state index is -0.845. The monoisotopic (exact) mass is 235 g/mol. The maximum atomic E-state index is 9.71. The smallest absolute Gasteiger partial charge is 0.246 e. The van der Waals surface area contributed by atoms with Crippen LogP contribution in [0.2, 0.25) is 0 Å². The van der Waals surface area contributed by atoms with Crippen LogP contribution in [0.3, 0.4) is 0 Å². The van der Waals surface area contributed by atoms with E-state index in [2.05, 4.69) is 10.2 Å². The average molecular weight is 236 g/mol. The largest absolute Gasteiger partial charge is 0.422 e. The Morgan fingerprint density at radius 2 is 2.07 bits per heavy atom. The Morgan fingerprint density at radius 3 is 2.53 bits per heavy atom. The van der Waals surface area contributed by atoms with Crippen LogP contribution in [-0.2, 0) is 6.42 Å². The molecule has 6 heteroatoms. The van der Waals surface area contributed by atoms with E-state index in [1.165, 1.54) is 0 Å². The fraction of sp³-hybridized carbons (Fsp3) is 0.778. The molecule has 3 N–H and O–H groups in total. The maximum Gasteiger partial charge on any atom is 0.246 e. The number of nitrogens with two attached hydrogens (primary N) is 1. The lowest BCUT2D eigenvalue weighted by molar-refractivity contribution is 0.110. The van der Waals surface area contributed by atoms with Crippen molar-refractivity contribution in [2.75, 3.05) is 0 Å². The van der Waals surface area contributed by atoms with Gasteiger partial charge in [0.15, 0.2) is 0 Å². The molecule has 0 amide bonds. The average Bonchev–Trinajstić information content (AvgIpc) is 2.65. The second kappa shape index (κ2) is 6.76. The van der Waals surface area contributed by atoms with E-state index < -0.39 is 6.10 Å². The highest BCUT2D eigenvalue weighted by atomic mass is 35.5. The lowest BCUT2D eigenvalue weighted by atomic mass is 10.1. The summed E-state index contributed by atoms with van der Waals surface area (Å²) in [6, 6.07) is -0.329. The van der Waals surface area contributed by atoms with Crippen molar-refractivity contribution in [1.82, 2.24) is 10.2 Å². The van der Waals surface area contributed by atoms with Crippen molar-refractivity contribution in [2.24, 2.45) is 5.73 Å². The predicted octanol–water partition coefficient (Wildman–Crippen LogP) is 1.21. The van der Waals surface area contributed by atoms with Gasteiger partial charge in [0.1, 0.15) is 6.10 Å². The number of hydrogen-bond donors (Lipinski definition) is 2. The summed E-state index contributed by atoms with van der Waals surface area (Å²) in [5, 5.41) is 17.2. The highest BCUT2D eigenvalue weighted by Gasteiger charge is 2.21. The minimum Gasteiger partial charge on any atom is -0.422 e. The van der Waals surface area contributed by atoms with Crippen molar-refractivity contribution in [3.05, 3.63) is 11.8 Å². The van der Waals surface area contributed by atoms with E-state index in [1.807, 2.05) is 13.8 Å². The van der Waals surface area contributed by atoms with Gasteiger partial charge >= 0.3 is 0 Å². The lowest BCUT2D eigenvalue weighted by Gasteiger charge is -2.13. The molecular formula is C9H18ClN3O2. The van der Waals surface area contributed by atoms with Crippen molar-refractivity contribution >= 4 is 12.4 Å². The molecule has 0 bridgehead atoms. The molecule has 0 saturated carbocycles. The van der Waals surface area contributed by atoms with Gasteiger partial charge in [-0.25, -0.2) is 0 Å². The van der Waals surface area contributed by atoms with E-state index in [1.54, 1.807) is 0 Å². The van der Waals surface area contributed by atoms with Gasteiger partial charge in [-0.2, -0.15) is 0 Å². The van der Waals surface area contributed by atoms with E-state index >= 15 is 0 Å². The molecule has 1 heterocycles. The van der Waals surface area contributed by atoms with Gasteiger partial charge in [-0.15, -0.1) is 22.6 Å². The number of aromatic nitrogens is 2. The second-order valence-electron chi connectivity index (χ2n) is 3.28. The fourth-order valence-electron chi connectivity index (χ4n) is 1.20. The number of aliphatic hydroxyl groups is 1. The first-order valence-corrected chi connectivity index (χ1v) is 4.95. The van der Waals surface area contributed by atoms with E-state index in [0.29, 0.717) is 12.3 Å². The van der Waals surface area contributed by atoms with Crippen LogP contribution in [0.15, 0.2) is 4.42 Å². The van der Waals surface area contributed by atoms with Crippen LogP contribution in [0.25, 0.3) is 0 Å². The molecule has 0 aliphatic heterocycles. The number of aliphatic hydroxyl groups excluding tert-OH is 1. The van der Waals surface area contributed by atoms with Gasteiger partial charge < -0.3 is 15.3 Å². The molecule has 0 fully saturated rings. The lowest BCUT2D eigenvalue weighted by Crippen LogP contribution is -2.28. The molecule has 1 rings (SSSR count). The predicted molar refractivity (Wildman–Crippen MR) is 58.8 cm³/mol. The van der Waals surface area contributed by atoms with E-state index in [0.717, 1.165) is 12.8 Å². The maximum absolute atomic E-state index is 9.71. The first kappa shape index (κ1) is 14.3. The van der Waals surface area contributed by atoms with Crippen molar-refractivity contribution in [3.63, 3.8) is 0 Å². The molecular weight excluding hydrogens is 218 g/mol. The zero-order valence-corrected chi connectivity index (χ0v) is 9.83. The Bertz CT molecular complexity index is 280. The van der Waals surface area contributed by atoms with Crippen molar-refractivity contribution in [1.29, 1.82) is 0 Å². The van der Waals surface area contributed by atoms with Crippen molar-refractivity contribution in [3.8, 4) is 0 Å². The molecule has 0 saturated heterocycles. The van der Waals surface area contributed by atoms with Crippen LogP contribution in [0.1, 0.15) is 44.6 Å². The molecule has 0 spiro atoms. The highest BCUT2D eigenvalue weighted by molar-refractivity contribution is 5.85. The molecule has 0 aliphatic carbocycles. The number of aryl methyl sites for hydroxylation is 1. The molecule has 1 aromatic rings. The normalized spacial score (nSPS) is 14.4. The summed E-state index contributed by atoms with van der Waals surface area (Å²) in [5.41, 5.74) is 5.73. The van der Waals surface area contributed by atoms with Crippen LogP contribution in [-0.4, -0.2) is 21.3 Å². The van der Waals surface area contributed by atoms with Crippen molar-refractivity contribution < 1.29 is 9.52 Å². The molecule has 88 valence electrons. The quantitative estimate of drug-likeness (QED) is 0.802. The molecule has 1 aromatic heterocycles. The van der Waals surface area contributed by atoms with Crippen LogP contribution < -0.4 is 5.73 Å². The van der Waals surface area contributed by atoms with Gasteiger partial charge in [0.2, 0.25) is 11.8 Å². The summed E-state index contributed by atoms with van der Waals surface area (Å²) in [6.07, 6.45) is 1.49. The highest BCUT2D eigenvalue weighted by Crippen LogP contribution is 2.17. The number of nitrogens with zero attached hydrogens (tertiary/aromatic N) is 2. The zero-order valence-electron chi connectivity index (χ0n) is 9.01. The van der Waals surface area contributed by atoms with E-state index in [9.17, 15) is 5.11 Å². The van der Waals surface area contributed by atoms with Gasteiger partial charge in [0, 0.05) is 12.5 Å². The van der Waals surface area contributed by atoms with Gasteiger partial charge in [-0.05, 0) is 6.42 Å². The summed E-state index contributed by atoms with van der Waals surface area (Å²) in [6.45, 7) is 3.92. The van der Waals surface area contributed by atoms with E-state index in [4.69, 9.17) is 10.2 Å². The van der Waals surface area contributed by atoms with E-state index in [-0.39, 0.29) is 24.3 Å². The minimum absolute atomic E-state index is 0. The number of rotatable bonds is 5. The summed E-state index contributed by atoms with van der Waals surface area (Å²) in [4.78, 5) is 0. The molecule has 5 nitrogen and oxygen atoms in total. The van der Waals surface area contributed by atoms with Crippen molar-refractivity contribution in [2.45, 2.75) is 45.3 Å². The molecule has 2 atom stereocenters. The third kappa shape index (κ3) is 3.77. The Labute approximate surface area is 95.5 Å². The Balaban J connectivity index is 0.00000196. The van der Waals surface area contributed by atoms with Gasteiger partial charge in [-0.3, -0.25) is 0 Å². The standard InChI is InChI=1S/C9H17N3O2.ClH/c1-3-5-6(10)8(13)9-12-11-7(4-2)14-9;/h6,8,13H,3-5,10H2,1-2H3;1H. The third-order valence-electron chi connectivity index (χ3n) is 2.07. The van der Waals surface area contributed by atoms with Gasteiger partial charge in [-0.1, -0.05) is 20.3 Å². The Hall–Kier alpha value is -0.650. The molecule has 0 aliphatic rings. The Kier molecular flexibility index (Phi) is 6.47. The molecule has 2 unspecified atom stereocenters. The second-order valence-corrected chi connectivity index (χ2v) is 3.28. The summed E-state index contributed by atoms with van der Waals surface area (Å²) >= 11 is 0. The van der Waals surface area contributed by atoms with Crippen LogP contribution in [0.5, 0.6) is 0 Å². The van der Waals surface area contributed by atoms with Gasteiger partial charge in [0.25, 0.3) is 0 Å². The molecule has 15 heavy (non-hydrogen) atoms.